The summed E-state index contributed by atoms with van der Waals surface area (Å²) < 4.78 is 4.74. The van der Waals surface area contributed by atoms with Crippen molar-refractivity contribution in [2.45, 2.75) is 26.2 Å². The molecule has 0 aliphatic heterocycles. The minimum absolute atomic E-state index is 0.343. The van der Waals surface area contributed by atoms with Gasteiger partial charge in [-0.25, -0.2) is 9.78 Å². The number of nitrogens with zero attached hydrogens (tertiary/aromatic N) is 1. The number of para-hydroxylation sites is 1. The Labute approximate surface area is 100 Å². The molecule has 0 saturated heterocycles. The molecule has 1 N–H and O–H groups in total. The normalized spacial score (nSPS) is 10.7. The van der Waals surface area contributed by atoms with E-state index >= 15 is 0 Å². The van der Waals surface area contributed by atoms with Crippen molar-refractivity contribution in [2.24, 2.45) is 0 Å². The molecule has 0 amide bonds. The van der Waals surface area contributed by atoms with Crippen LogP contribution in [0.2, 0.25) is 0 Å². The third-order valence-corrected chi connectivity index (χ3v) is 2.73. The number of ether oxygens (including phenoxy) is 1. The van der Waals surface area contributed by atoms with Crippen LogP contribution in [0.4, 0.5) is 0 Å². The first-order valence-corrected chi connectivity index (χ1v) is 5.82. The summed E-state index contributed by atoms with van der Waals surface area (Å²) in [6, 6.07) is 5.49. The summed E-state index contributed by atoms with van der Waals surface area (Å²) in [5.41, 5.74) is 2.11. The van der Waals surface area contributed by atoms with E-state index in [9.17, 15) is 4.79 Å². The van der Waals surface area contributed by atoms with Crippen LogP contribution >= 0.6 is 0 Å². The van der Waals surface area contributed by atoms with Crippen LogP contribution in [0.1, 0.15) is 35.9 Å². The van der Waals surface area contributed by atoms with Gasteiger partial charge in [0.1, 0.15) is 11.3 Å². The van der Waals surface area contributed by atoms with Gasteiger partial charge in [-0.2, -0.15) is 0 Å². The van der Waals surface area contributed by atoms with Crippen LogP contribution in [0.3, 0.4) is 0 Å². The number of fused-ring (bicyclic) bond motifs is 1. The smallest absolute Gasteiger partial charge is 0.340 e. The van der Waals surface area contributed by atoms with Gasteiger partial charge in [0.05, 0.1) is 18.2 Å². The van der Waals surface area contributed by atoms with Gasteiger partial charge >= 0.3 is 5.97 Å². The fourth-order valence-corrected chi connectivity index (χ4v) is 1.82. The molecule has 0 unspecified atom stereocenters. The van der Waals surface area contributed by atoms with Crippen LogP contribution in [0.5, 0.6) is 0 Å². The number of aromatic nitrogens is 2. The van der Waals surface area contributed by atoms with E-state index in [0.717, 1.165) is 30.6 Å². The van der Waals surface area contributed by atoms with Crippen LogP contribution in [-0.2, 0) is 11.2 Å². The van der Waals surface area contributed by atoms with Crippen LogP contribution in [0, 0.1) is 0 Å². The lowest BCUT2D eigenvalue weighted by Gasteiger charge is -1.98. The van der Waals surface area contributed by atoms with E-state index in [1.165, 1.54) is 7.11 Å². The number of H-pyrrole nitrogens is 1. The van der Waals surface area contributed by atoms with Crippen molar-refractivity contribution < 1.29 is 9.53 Å². The molecule has 1 heterocycles. The predicted molar refractivity (Wildman–Crippen MR) is 66.0 cm³/mol. The molecule has 1 aromatic heterocycles. The molecule has 0 atom stereocenters. The molecular weight excluding hydrogens is 216 g/mol. The summed E-state index contributed by atoms with van der Waals surface area (Å²) in [6.07, 6.45) is 3.13. The molecule has 0 aliphatic rings. The van der Waals surface area contributed by atoms with Crippen LogP contribution in [-0.4, -0.2) is 23.0 Å². The zero-order valence-corrected chi connectivity index (χ0v) is 10.1. The van der Waals surface area contributed by atoms with Crippen molar-refractivity contribution in [2.75, 3.05) is 7.11 Å². The van der Waals surface area contributed by atoms with E-state index in [2.05, 4.69) is 16.9 Å². The van der Waals surface area contributed by atoms with Crippen LogP contribution in [0.15, 0.2) is 18.2 Å². The standard InChI is InChI=1S/C13H16N2O2/c1-3-4-8-11-14-10-7-5-6-9(12(10)15-11)13(16)17-2/h5-7H,3-4,8H2,1-2H3,(H,14,15). The largest absolute Gasteiger partial charge is 0.465 e. The number of hydrogen-bond acceptors (Lipinski definition) is 3. The van der Waals surface area contributed by atoms with Crippen molar-refractivity contribution in [3.63, 3.8) is 0 Å². The molecule has 2 aromatic rings. The number of methoxy groups -OCH3 is 1. The Morgan fingerprint density at radius 1 is 1.47 bits per heavy atom. The van der Waals surface area contributed by atoms with Gasteiger partial charge in [-0.3, -0.25) is 0 Å². The molecule has 2 rings (SSSR count). The van der Waals surface area contributed by atoms with Crippen molar-refractivity contribution in [3.8, 4) is 0 Å². The Bertz CT molecular complexity index is 531. The zero-order valence-electron chi connectivity index (χ0n) is 10.1. The van der Waals surface area contributed by atoms with Crippen molar-refractivity contribution in [1.82, 2.24) is 9.97 Å². The number of unbranched alkanes of at least 4 members (excludes halogenated alkanes) is 1. The van der Waals surface area contributed by atoms with Crippen LogP contribution in [0.25, 0.3) is 11.0 Å². The van der Waals surface area contributed by atoms with Gasteiger partial charge < -0.3 is 9.72 Å². The third-order valence-electron chi connectivity index (χ3n) is 2.73. The van der Waals surface area contributed by atoms with E-state index in [1.807, 2.05) is 12.1 Å². The molecule has 4 nitrogen and oxygen atoms in total. The van der Waals surface area contributed by atoms with Gasteiger partial charge in [-0.15, -0.1) is 0 Å². The van der Waals surface area contributed by atoms with Gasteiger partial charge in [0, 0.05) is 6.42 Å². The SMILES string of the molecule is CCCCc1nc2c(C(=O)OC)cccc2[nH]1. The lowest BCUT2D eigenvalue weighted by molar-refractivity contribution is 0.0603. The first-order valence-electron chi connectivity index (χ1n) is 5.82. The maximum atomic E-state index is 11.6. The van der Waals surface area contributed by atoms with Gasteiger partial charge in [0.15, 0.2) is 0 Å². The number of benzene rings is 1. The highest BCUT2D eigenvalue weighted by atomic mass is 16.5. The number of esters is 1. The molecule has 17 heavy (non-hydrogen) atoms. The van der Waals surface area contributed by atoms with E-state index in [4.69, 9.17) is 4.74 Å². The molecule has 90 valence electrons. The zero-order chi connectivity index (χ0) is 12.3. The van der Waals surface area contributed by atoms with Gasteiger partial charge in [-0.1, -0.05) is 19.4 Å². The second-order valence-electron chi connectivity index (χ2n) is 3.98. The highest BCUT2D eigenvalue weighted by Crippen LogP contribution is 2.18. The Hall–Kier alpha value is -1.84. The van der Waals surface area contributed by atoms with E-state index in [1.54, 1.807) is 6.07 Å². The number of aromatic amines is 1. The highest BCUT2D eigenvalue weighted by molar-refractivity contribution is 6.01. The van der Waals surface area contributed by atoms with Crippen molar-refractivity contribution in [3.05, 3.63) is 29.6 Å². The van der Waals surface area contributed by atoms with Crippen molar-refractivity contribution >= 4 is 17.0 Å². The number of carbonyl (C=O) groups excluding carboxylic acids is 1. The minimum Gasteiger partial charge on any atom is -0.465 e. The Morgan fingerprint density at radius 3 is 3.00 bits per heavy atom. The molecule has 0 bridgehead atoms. The van der Waals surface area contributed by atoms with Crippen LogP contribution < -0.4 is 0 Å². The predicted octanol–water partition coefficient (Wildman–Crippen LogP) is 2.69. The van der Waals surface area contributed by atoms with E-state index in [-0.39, 0.29) is 5.97 Å². The fraction of sp³-hybridized carbons (Fsp3) is 0.385. The van der Waals surface area contributed by atoms with Gasteiger partial charge in [0.25, 0.3) is 0 Å². The average molecular weight is 232 g/mol. The Balaban J connectivity index is 2.42. The Morgan fingerprint density at radius 2 is 2.29 bits per heavy atom. The summed E-state index contributed by atoms with van der Waals surface area (Å²) in [5, 5.41) is 0. The summed E-state index contributed by atoms with van der Waals surface area (Å²) >= 11 is 0. The van der Waals surface area contributed by atoms with E-state index in [0.29, 0.717) is 11.1 Å². The summed E-state index contributed by atoms with van der Waals surface area (Å²) in [4.78, 5) is 19.3. The maximum absolute atomic E-state index is 11.6. The number of carbonyl (C=O) groups is 1. The third kappa shape index (κ3) is 2.30. The molecule has 0 radical (unpaired) electrons. The number of nitrogens with one attached hydrogen (secondary N) is 1. The van der Waals surface area contributed by atoms with Gasteiger partial charge in [-0.05, 0) is 18.6 Å². The number of imidazole rings is 1. The highest BCUT2D eigenvalue weighted by Gasteiger charge is 2.13. The molecule has 0 saturated carbocycles. The lowest BCUT2D eigenvalue weighted by Crippen LogP contribution is -2.01. The first kappa shape index (κ1) is 11.6. The topological polar surface area (TPSA) is 55.0 Å². The average Bonchev–Trinajstić information content (AvgIpc) is 2.77. The number of aryl methyl sites for hydroxylation is 1. The molecule has 0 aliphatic carbocycles. The molecule has 0 spiro atoms. The first-order chi connectivity index (χ1) is 8.26. The molecule has 0 fully saturated rings. The summed E-state index contributed by atoms with van der Waals surface area (Å²) in [6.45, 7) is 2.14. The fourth-order valence-electron chi connectivity index (χ4n) is 1.82. The second kappa shape index (κ2) is 4.99. The summed E-state index contributed by atoms with van der Waals surface area (Å²) in [5.74, 6) is 0.586. The maximum Gasteiger partial charge on any atom is 0.340 e. The monoisotopic (exact) mass is 232 g/mol. The Kier molecular flexibility index (Phi) is 3.42. The van der Waals surface area contributed by atoms with Crippen molar-refractivity contribution in [1.29, 1.82) is 0 Å². The molecule has 1 aromatic carbocycles. The second-order valence-corrected chi connectivity index (χ2v) is 3.98. The minimum atomic E-state index is -0.343. The number of rotatable bonds is 4. The quantitative estimate of drug-likeness (QED) is 0.824. The van der Waals surface area contributed by atoms with E-state index < -0.39 is 0 Å². The number of hydrogen-bond donors (Lipinski definition) is 1. The lowest BCUT2D eigenvalue weighted by atomic mass is 10.2. The molecular formula is C13H16N2O2. The summed E-state index contributed by atoms with van der Waals surface area (Å²) in [7, 11) is 1.38. The molecule has 4 heteroatoms. The van der Waals surface area contributed by atoms with Gasteiger partial charge in [0.2, 0.25) is 0 Å².